The molecule has 0 radical (unpaired) electrons. The number of nitrogens with one attached hydrogen (secondary N) is 1. The first-order chi connectivity index (χ1) is 4.43. The zero-order valence-electron chi connectivity index (χ0n) is 4.60. The van der Waals surface area contributed by atoms with Crippen LogP contribution in [0.5, 0.6) is 0 Å². The van der Waals surface area contributed by atoms with Gasteiger partial charge in [0.1, 0.15) is 0 Å². The summed E-state index contributed by atoms with van der Waals surface area (Å²) in [6, 6.07) is 0. The summed E-state index contributed by atoms with van der Waals surface area (Å²) in [7, 11) is 0. The Labute approximate surface area is 50.9 Å². The molecule has 0 spiro atoms. The van der Waals surface area contributed by atoms with E-state index in [1.807, 2.05) is 0 Å². The van der Waals surface area contributed by atoms with Crippen LogP contribution in [0.4, 0.5) is 0 Å². The predicted molar refractivity (Wildman–Crippen MR) is 26.4 cm³/mol. The van der Waals surface area contributed by atoms with E-state index in [1.54, 1.807) is 5.01 Å². The molecule has 0 amide bonds. The Hall–Kier alpha value is -1.40. The molecule has 1 aliphatic rings. The van der Waals surface area contributed by atoms with Gasteiger partial charge in [0.2, 0.25) is 0 Å². The van der Waals surface area contributed by atoms with Crippen molar-refractivity contribution in [3.8, 4) is 0 Å². The van der Waals surface area contributed by atoms with Gasteiger partial charge in [-0.25, -0.2) is 0 Å². The van der Waals surface area contributed by atoms with E-state index >= 15 is 0 Å². The molecule has 7 heteroatoms. The Morgan fingerprint density at radius 1 is 1.11 bits per heavy atom. The zero-order valence-corrected chi connectivity index (χ0v) is 4.60. The monoisotopic (exact) mass is 127 g/mol. The Balaban J connectivity index is 2.14. The maximum atomic E-state index is 6.15. The first-order valence-electron chi connectivity index (χ1n) is 2.36. The highest BCUT2D eigenvalue weighted by atomic mass is 15.7. The van der Waals surface area contributed by atoms with Gasteiger partial charge in [0.25, 0.3) is 0 Å². The summed E-state index contributed by atoms with van der Waals surface area (Å²) >= 11 is 0. The maximum Gasteiger partial charge on any atom is 0.0571 e. The van der Waals surface area contributed by atoms with Gasteiger partial charge in [-0.05, 0) is 26.1 Å². The van der Waals surface area contributed by atoms with E-state index in [-0.39, 0.29) is 0 Å². The highest BCUT2D eigenvalue weighted by Crippen LogP contribution is 2.03. The molecule has 0 aliphatic carbocycles. The molecule has 1 heterocycles. The predicted octanol–water partition coefficient (Wildman–Crippen LogP) is 0.982. The summed E-state index contributed by atoms with van der Waals surface area (Å²) in [5.41, 5.74) is 6.15. The normalized spacial score (nSPS) is 17.6. The fourth-order valence-corrected chi connectivity index (χ4v) is 0.247. The third-order valence-corrected chi connectivity index (χ3v) is 0.715. The summed E-state index contributed by atoms with van der Waals surface area (Å²) in [6.07, 6.45) is 0. The Morgan fingerprint density at radius 3 is 2.44 bits per heavy atom. The van der Waals surface area contributed by atoms with Crippen molar-refractivity contribution in [2.45, 2.75) is 0 Å². The van der Waals surface area contributed by atoms with Crippen LogP contribution >= 0.6 is 0 Å². The van der Waals surface area contributed by atoms with Crippen LogP contribution in [-0.4, -0.2) is 18.1 Å². The Bertz CT molecular complexity index is 143. The second kappa shape index (κ2) is 2.80. The van der Waals surface area contributed by atoms with Crippen molar-refractivity contribution in [2.75, 3.05) is 13.1 Å². The molecule has 1 rings (SSSR count). The van der Waals surface area contributed by atoms with Crippen LogP contribution < -0.4 is 0 Å². The highest BCUT2D eigenvalue weighted by molar-refractivity contribution is 4.64. The van der Waals surface area contributed by atoms with E-state index in [4.69, 9.17) is 5.53 Å². The van der Waals surface area contributed by atoms with Gasteiger partial charge in [0, 0.05) is 0 Å². The fourth-order valence-electron chi connectivity index (χ4n) is 0.247. The zero-order chi connectivity index (χ0) is 6.53. The van der Waals surface area contributed by atoms with Crippen molar-refractivity contribution < 1.29 is 0 Å². The fraction of sp³-hybridized carbons (Fsp3) is 1.00. The molecule has 1 aliphatic heterocycles. The van der Waals surface area contributed by atoms with Crippen molar-refractivity contribution >= 4 is 0 Å². The lowest BCUT2D eigenvalue weighted by atomic mass is 11.0. The maximum absolute atomic E-state index is 6.15. The first kappa shape index (κ1) is 5.73. The van der Waals surface area contributed by atoms with Gasteiger partial charge in [-0.15, -0.1) is 0 Å². The Morgan fingerprint density at radius 2 is 1.89 bits per heavy atom. The molecule has 0 atom stereocenters. The lowest BCUT2D eigenvalue weighted by molar-refractivity contribution is 0.540. The molecular weight excluding hydrogens is 122 g/mol. The molecule has 1 saturated heterocycles. The summed E-state index contributed by atoms with van der Waals surface area (Å²) in [5, 5.41) is 17.0. The second-order valence-corrected chi connectivity index (χ2v) is 1.41. The number of nitrogens with zero attached hydrogens (tertiary/aromatic N) is 6. The molecule has 1 N–H and O–H groups in total. The average molecular weight is 127 g/mol. The number of hydrogen-bond acceptors (Lipinski definition) is 2. The smallest absolute Gasteiger partial charge is 0.0571 e. The molecule has 0 saturated carbocycles. The molecular formula is C2H5N7. The third kappa shape index (κ3) is 2.42. The molecule has 7 nitrogen and oxygen atoms in total. The van der Waals surface area contributed by atoms with Crippen LogP contribution in [0, 0.1) is 5.53 Å². The van der Waals surface area contributed by atoms with E-state index < -0.39 is 0 Å². The van der Waals surface area contributed by atoms with Crippen LogP contribution in [-0.2, 0) is 0 Å². The molecule has 0 bridgehead atoms. The molecule has 0 aromatic heterocycles. The average Bonchev–Trinajstić information content (AvgIpc) is 2.63. The first-order valence-corrected chi connectivity index (χ1v) is 2.36. The summed E-state index contributed by atoms with van der Waals surface area (Å²) in [5.74, 6) is 0. The topological polar surface area (TPSA) is 88.7 Å². The van der Waals surface area contributed by atoms with Crippen molar-refractivity contribution in [3.05, 3.63) is 0 Å². The van der Waals surface area contributed by atoms with Crippen molar-refractivity contribution in [1.29, 1.82) is 5.53 Å². The minimum atomic E-state index is 0.928. The quantitative estimate of drug-likeness (QED) is 0.342. The second-order valence-electron chi connectivity index (χ2n) is 1.41. The van der Waals surface area contributed by atoms with Gasteiger partial charge < -0.3 is 0 Å². The molecule has 1 fully saturated rings. The lowest BCUT2D eigenvalue weighted by Gasteiger charge is -1.78. The summed E-state index contributed by atoms with van der Waals surface area (Å²) in [6.45, 7) is 1.86. The standard InChI is InChI=1S/C2H5N7/c3-4-5-6-7-8-9-1-2-9/h3H,1-2H2/b4-3?,6-5+,8-7+. The summed E-state index contributed by atoms with van der Waals surface area (Å²) < 4.78 is 0. The van der Waals surface area contributed by atoms with Crippen LogP contribution in [0.2, 0.25) is 0 Å². The molecule has 9 heavy (non-hydrogen) atoms. The molecule has 0 unspecified atom stereocenters. The lowest BCUT2D eigenvalue weighted by Crippen LogP contribution is -1.75. The highest BCUT2D eigenvalue weighted by Gasteiger charge is 2.13. The van der Waals surface area contributed by atoms with Crippen LogP contribution in [0.15, 0.2) is 26.1 Å². The van der Waals surface area contributed by atoms with Gasteiger partial charge in [0.15, 0.2) is 0 Å². The summed E-state index contributed by atoms with van der Waals surface area (Å²) in [4.78, 5) is 0. The van der Waals surface area contributed by atoms with Crippen molar-refractivity contribution in [2.24, 2.45) is 26.1 Å². The van der Waals surface area contributed by atoms with Crippen LogP contribution in [0.1, 0.15) is 0 Å². The largest absolute Gasteiger partial charge is 0.273 e. The minimum Gasteiger partial charge on any atom is -0.273 e. The Kier molecular flexibility index (Phi) is 1.78. The van der Waals surface area contributed by atoms with Crippen molar-refractivity contribution in [1.82, 2.24) is 5.01 Å². The SMILES string of the molecule is N=N/N=N/N=N/N1CC1. The van der Waals surface area contributed by atoms with E-state index in [0.29, 0.717) is 0 Å². The van der Waals surface area contributed by atoms with E-state index in [1.165, 1.54) is 0 Å². The van der Waals surface area contributed by atoms with Gasteiger partial charge >= 0.3 is 0 Å². The van der Waals surface area contributed by atoms with E-state index in [9.17, 15) is 0 Å². The van der Waals surface area contributed by atoms with E-state index in [2.05, 4.69) is 26.1 Å². The van der Waals surface area contributed by atoms with Gasteiger partial charge in [-0.1, -0.05) is 0 Å². The molecule has 0 aromatic carbocycles. The van der Waals surface area contributed by atoms with Gasteiger partial charge in [-0.2, -0.15) is 5.53 Å². The van der Waals surface area contributed by atoms with Gasteiger partial charge in [0.05, 0.1) is 13.1 Å². The van der Waals surface area contributed by atoms with Gasteiger partial charge in [-0.3, -0.25) is 5.01 Å². The third-order valence-electron chi connectivity index (χ3n) is 0.715. The molecule has 0 aromatic rings. The van der Waals surface area contributed by atoms with Crippen LogP contribution in [0.3, 0.4) is 0 Å². The number of hydrogen-bond donors (Lipinski definition) is 1. The van der Waals surface area contributed by atoms with Crippen molar-refractivity contribution in [3.63, 3.8) is 0 Å². The van der Waals surface area contributed by atoms with E-state index in [0.717, 1.165) is 13.1 Å². The minimum absolute atomic E-state index is 0.928. The number of rotatable bonds is 3. The van der Waals surface area contributed by atoms with Crippen LogP contribution in [0.25, 0.3) is 0 Å². The molecule has 48 valence electrons.